The summed E-state index contributed by atoms with van der Waals surface area (Å²) in [7, 11) is 0. The number of carbonyl (C=O) groups is 2. The van der Waals surface area contributed by atoms with Gasteiger partial charge in [0.25, 0.3) is 0 Å². The molecule has 3 aliphatic rings. The molecule has 1 aromatic rings. The van der Waals surface area contributed by atoms with Crippen molar-refractivity contribution in [3.63, 3.8) is 0 Å². The molecule has 0 saturated heterocycles. The van der Waals surface area contributed by atoms with Crippen molar-refractivity contribution in [3.8, 4) is 11.5 Å². The highest BCUT2D eigenvalue weighted by atomic mass is 16.6. The minimum Gasteiger partial charge on any atom is -0.508 e. The van der Waals surface area contributed by atoms with Crippen LogP contribution in [0.4, 0.5) is 0 Å². The van der Waals surface area contributed by atoms with Gasteiger partial charge in [0.15, 0.2) is 5.78 Å². The van der Waals surface area contributed by atoms with E-state index < -0.39 is 11.8 Å². The minimum atomic E-state index is -1.73. The molecule has 4 rings (SSSR count). The number of phenolic OH excluding ortho intramolecular Hbond substituents is 1. The first-order valence-corrected chi connectivity index (χ1v) is 8.04. The zero-order valence-electron chi connectivity index (χ0n) is 13.4. The number of hydrogen-bond acceptors (Lipinski definition) is 6. The van der Waals surface area contributed by atoms with Gasteiger partial charge in [0.05, 0.1) is 24.5 Å². The van der Waals surface area contributed by atoms with Crippen molar-refractivity contribution in [1.29, 1.82) is 0 Å². The SMILES string of the molecule is C[C@@H]1CCCC=C[C@]2(O)CC(=O)c3c(cc(O)cc3O2)CC(=O)O1. The van der Waals surface area contributed by atoms with Crippen LogP contribution in [0.25, 0.3) is 0 Å². The van der Waals surface area contributed by atoms with E-state index in [2.05, 4.69) is 0 Å². The van der Waals surface area contributed by atoms with E-state index in [0.29, 0.717) is 18.4 Å². The van der Waals surface area contributed by atoms with Crippen LogP contribution in [0.15, 0.2) is 24.3 Å². The lowest BCUT2D eigenvalue weighted by Crippen LogP contribution is -2.40. The molecule has 2 N–H and O–H groups in total. The quantitative estimate of drug-likeness (QED) is 0.559. The second-order valence-corrected chi connectivity index (χ2v) is 6.34. The van der Waals surface area contributed by atoms with Crippen molar-refractivity contribution in [2.24, 2.45) is 0 Å². The van der Waals surface area contributed by atoms with Gasteiger partial charge in [-0.05, 0) is 43.9 Å². The summed E-state index contributed by atoms with van der Waals surface area (Å²) in [5.41, 5.74) is 0.558. The highest BCUT2D eigenvalue weighted by molar-refractivity contribution is 6.02. The number of rotatable bonds is 0. The van der Waals surface area contributed by atoms with Crippen LogP contribution in [-0.4, -0.2) is 33.9 Å². The summed E-state index contributed by atoms with van der Waals surface area (Å²) < 4.78 is 10.9. The fraction of sp³-hybridized carbons (Fsp3) is 0.444. The molecule has 3 aliphatic heterocycles. The van der Waals surface area contributed by atoms with Gasteiger partial charge < -0.3 is 19.7 Å². The molecule has 3 heterocycles. The molecular weight excluding hydrogens is 312 g/mol. The lowest BCUT2D eigenvalue weighted by atomic mass is 9.92. The van der Waals surface area contributed by atoms with Crippen LogP contribution in [-0.2, 0) is 16.0 Å². The summed E-state index contributed by atoms with van der Waals surface area (Å²) in [5, 5.41) is 20.4. The molecule has 0 amide bonds. The topological polar surface area (TPSA) is 93.1 Å². The maximum Gasteiger partial charge on any atom is 0.310 e. The number of carbonyl (C=O) groups excluding carboxylic acids is 2. The lowest BCUT2D eigenvalue weighted by Gasteiger charge is -2.32. The number of aromatic hydroxyl groups is 1. The Morgan fingerprint density at radius 1 is 1.29 bits per heavy atom. The van der Waals surface area contributed by atoms with E-state index in [1.165, 1.54) is 18.2 Å². The van der Waals surface area contributed by atoms with Gasteiger partial charge in [0.2, 0.25) is 5.79 Å². The highest BCUT2D eigenvalue weighted by Gasteiger charge is 2.38. The van der Waals surface area contributed by atoms with Crippen molar-refractivity contribution >= 4 is 11.8 Å². The number of Topliss-reactive ketones (excluding diaryl/α,β-unsaturated/α-hetero) is 1. The Kier molecular flexibility index (Phi) is 4.32. The second kappa shape index (κ2) is 6.28. The Morgan fingerprint density at radius 3 is 2.88 bits per heavy atom. The van der Waals surface area contributed by atoms with E-state index in [0.717, 1.165) is 6.42 Å². The molecule has 0 spiro atoms. The standard InChI is InChI=1S/C18H20O6/c1-11-5-3-2-4-6-18(22)10-14(20)17-12(8-16(21)23-11)7-13(19)9-15(17)24-18/h4,6-7,9,11,19,22H,2-3,5,8,10H2,1H3/t11-,18-/m1/s1. The highest BCUT2D eigenvalue weighted by Crippen LogP contribution is 2.38. The van der Waals surface area contributed by atoms with Crippen LogP contribution >= 0.6 is 0 Å². The number of benzene rings is 1. The third-order valence-corrected chi connectivity index (χ3v) is 4.18. The van der Waals surface area contributed by atoms with Crippen LogP contribution in [0, 0.1) is 0 Å². The third kappa shape index (κ3) is 3.43. The summed E-state index contributed by atoms with van der Waals surface area (Å²) in [6.45, 7) is 1.82. The number of ketones is 1. The number of allylic oxidation sites excluding steroid dienone is 1. The second-order valence-electron chi connectivity index (χ2n) is 6.34. The van der Waals surface area contributed by atoms with Gasteiger partial charge in [-0.2, -0.15) is 0 Å². The maximum absolute atomic E-state index is 12.5. The van der Waals surface area contributed by atoms with Crippen molar-refractivity contribution in [2.45, 2.75) is 50.9 Å². The number of esters is 1. The smallest absolute Gasteiger partial charge is 0.310 e. The first-order chi connectivity index (χ1) is 11.4. The Labute approximate surface area is 139 Å². The van der Waals surface area contributed by atoms with Gasteiger partial charge in [0.1, 0.15) is 11.5 Å². The molecule has 0 saturated carbocycles. The predicted octanol–water partition coefficient (Wildman–Crippen LogP) is 2.26. The van der Waals surface area contributed by atoms with Crippen molar-refractivity contribution < 1.29 is 29.3 Å². The Bertz CT molecular complexity index is 708. The summed E-state index contributed by atoms with van der Waals surface area (Å²) >= 11 is 0. The third-order valence-electron chi connectivity index (χ3n) is 4.18. The lowest BCUT2D eigenvalue weighted by molar-refractivity contribution is -0.147. The van der Waals surface area contributed by atoms with E-state index in [4.69, 9.17) is 9.47 Å². The van der Waals surface area contributed by atoms with Crippen LogP contribution in [0.5, 0.6) is 11.5 Å². The molecule has 24 heavy (non-hydrogen) atoms. The largest absolute Gasteiger partial charge is 0.508 e. The van der Waals surface area contributed by atoms with Gasteiger partial charge in [-0.1, -0.05) is 6.08 Å². The van der Waals surface area contributed by atoms with Crippen molar-refractivity contribution in [3.05, 3.63) is 35.4 Å². The molecule has 6 heteroatoms. The van der Waals surface area contributed by atoms with E-state index in [1.807, 2.05) is 6.92 Å². The predicted molar refractivity (Wildman–Crippen MR) is 84.9 cm³/mol. The molecular formula is C18H20O6. The fourth-order valence-electron chi connectivity index (χ4n) is 3.10. The van der Waals surface area contributed by atoms with Crippen LogP contribution in [0.2, 0.25) is 0 Å². The molecule has 0 fully saturated rings. The summed E-state index contributed by atoms with van der Waals surface area (Å²) in [6.07, 6.45) is 4.77. The number of fused-ring (bicyclic) bond motifs is 8. The average Bonchev–Trinajstić information content (AvgIpc) is 2.44. The molecule has 0 aliphatic carbocycles. The molecule has 128 valence electrons. The van der Waals surface area contributed by atoms with Gasteiger partial charge in [-0.25, -0.2) is 0 Å². The molecule has 4 bridgehead atoms. The summed E-state index contributed by atoms with van der Waals surface area (Å²) in [4.78, 5) is 24.6. The number of aliphatic hydroxyl groups is 1. The van der Waals surface area contributed by atoms with E-state index >= 15 is 0 Å². The van der Waals surface area contributed by atoms with Gasteiger partial charge >= 0.3 is 5.97 Å². The van der Waals surface area contributed by atoms with Crippen molar-refractivity contribution in [2.75, 3.05) is 0 Å². The van der Waals surface area contributed by atoms with E-state index in [1.54, 1.807) is 6.08 Å². The van der Waals surface area contributed by atoms with Crippen LogP contribution < -0.4 is 4.74 Å². The fourth-order valence-corrected chi connectivity index (χ4v) is 3.10. The van der Waals surface area contributed by atoms with Crippen molar-refractivity contribution in [1.82, 2.24) is 0 Å². The van der Waals surface area contributed by atoms with Gasteiger partial charge in [-0.15, -0.1) is 0 Å². The first kappa shape index (κ1) is 16.5. The van der Waals surface area contributed by atoms with Gasteiger partial charge in [-0.3, -0.25) is 9.59 Å². The Hall–Kier alpha value is -2.34. The van der Waals surface area contributed by atoms with E-state index in [9.17, 15) is 19.8 Å². The minimum absolute atomic E-state index is 0.0753. The molecule has 2 atom stereocenters. The first-order valence-electron chi connectivity index (χ1n) is 8.04. The average molecular weight is 332 g/mol. The molecule has 0 aromatic heterocycles. The zero-order valence-corrected chi connectivity index (χ0v) is 13.4. The molecule has 0 unspecified atom stereocenters. The normalized spacial score (nSPS) is 27.3. The van der Waals surface area contributed by atoms with Crippen LogP contribution in [0.3, 0.4) is 0 Å². The van der Waals surface area contributed by atoms with Crippen LogP contribution in [0.1, 0.15) is 48.5 Å². The number of phenols is 1. The monoisotopic (exact) mass is 332 g/mol. The molecule has 0 radical (unpaired) electrons. The van der Waals surface area contributed by atoms with Gasteiger partial charge in [0, 0.05) is 6.07 Å². The Morgan fingerprint density at radius 2 is 2.08 bits per heavy atom. The molecule has 1 aromatic carbocycles. The molecule has 6 nitrogen and oxygen atoms in total. The maximum atomic E-state index is 12.5. The number of hydrogen-bond donors (Lipinski definition) is 2. The zero-order chi connectivity index (χ0) is 17.3. The Balaban J connectivity index is 2.06. The summed E-state index contributed by atoms with van der Waals surface area (Å²) in [5.74, 6) is -2.59. The summed E-state index contributed by atoms with van der Waals surface area (Å²) in [6, 6.07) is 2.63. The number of ether oxygens (including phenoxy) is 2. The van der Waals surface area contributed by atoms with E-state index in [-0.39, 0.29) is 41.8 Å².